The summed E-state index contributed by atoms with van der Waals surface area (Å²) in [4.78, 5) is 23.5. The number of hydrogen-bond acceptors (Lipinski definition) is 3. The lowest BCUT2D eigenvalue weighted by atomic mass is 10.1. The number of rotatable bonds is 6. The minimum atomic E-state index is -0.634. The van der Waals surface area contributed by atoms with Gasteiger partial charge in [-0.2, -0.15) is 0 Å². The van der Waals surface area contributed by atoms with E-state index in [0.717, 1.165) is 18.9 Å². The van der Waals surface area contributed by atoms with E-state index in [1.54, 1.807) is 6.92 Å². The van der Waals surface area contributed by atoms with Crippen LogP contribution in [0.15, 0.2) is 18.2 Å². The van der Waals surface area contributed by atoms with Crippen molar-refractivity contribution in [2.45, 2.75) is 25.9 Å². The summed E-state index contributed by atoms with van der Waals surface area (Å²) in [6.45, 7) is 2.25. The van der Waals surface area contributed by atoms with Crippen molar-refractivity contribution in [1.29, 1.82) is 0 Å². The van der Waals surface area contributed by atoms with Gasteiger partial charge < -0.3 is 15.4 Å². The van der Waals surface area contributed by atoms with Gasteiger partial charge in [-0.25, -0.2) is 4.39 Å². The zero-order chi connectivity index (χ0) is 15.4. The Hall–Kier alpha value is -1.95. The quantitative estimate of drug-likeness (QED) is 0.842. The first-order chi connectivity index (χ1) is 10.0. The Bertz CT molecular complexity index is 544. The lowest BCUT2D eigenvalue weighted by Crippen LogP contribution is -2.28. The number of carbonyl (C=O) groups is 2. The first kappa shape index (κ1) is 15.4. The highest BCUT2D eigenvalue weighted by Gasteiger charge is 2.24. The number of nitrogens with one attached hydrogen (secondary N) is 2. The minimum absolute atomic E-state index is 0.109. The Kier molecular flexibility index (Phi) is 4.90. The highest BCUT2D eigenvalue weighted by atomic mass is 19.1. The van der Waals surface area contributed by atoms with Gasteiger partial charge >= 0.3 is 0 Å². The summed E-state index contributed by atoms with van der Waals surface area (Å²) in [7, 11) is 1.42. The summed E-state index contributed by atoms with van der Waals surface area (Å²) in [5, 5.41) is 4.97. The van der Waals surface area contributed by atoms with Crippen LogP contribution in [-0.2, 0) is 9.53 Å². The fraction of sp³-hybridized carbons (Fsp3) is 0.467. The maximum atomic E-state index is 13.5. The van der Waals surface area contributed by atoms with Crippen molar-refractivity contribution >= 4 is 17.5 Å². The number of hydrogen-bond donors (Lipinski definition) is 2. The van der Waals surface area contributed by atoms with E-state index >= 15 is 0 Å². The fourth-order valence-electron chi connectivity index (χ4n) is 1.80. The minimum Gasteiger partial charge on any atom is -0.368 e. The molecule has 1 atom stereocenters. The van der Waals surface area contributed by atoms with Crippen molar-refractivity contribution in [2.24, 2.45) is 5.92 Å². The third-order valence-electron chi connectivity index (χ3n) is 3.35. The molecule has 0 aromatic heterocycles. The highest BCUT2D eigenvalue weighted by molar-refractivity contribution is 5.98. The molecule has 1 aliphatic rings. The van der Waals surface area contributed by atoms with E-state index in [1.165, 1.54) is 19.2 Å². The van der Waals surface area contributed by atoms with E-state index in [0.29, 0.717) is 18.2 Å². The molecule has 5 nitrogen and oxygen atoms in total. The maximum absolute atomic E-state index is 13.5. The van der Waals surface area contributed by atoms with Crippen molar-refractivity contribution in [2.75, 3.05) is 19.0 Å². The second kappa shape index (κ2) is 6.67. The third-order valence-corrected chi connectivity index (χ3v) is 3.35. The Morgan fingerprint density at radius 1 is 1.43 bits per heavy atom. The Morgan fingerprint density at radius 3 is 2.76 bits per heavy atom. The second-order valence-electron chi connectivity index (χ2n) is 5.18. The van der Waals surface area contributed by atoms with Gasteiger partial charge in [0.2, 0.25) is 0 Å². The van der Waals surface area contributed by atoms with Gasteiger partial charge in [-0.05, 0) is 43.9 Å². The molecule has 1 saturated carbocycles. The molecule has 6 heteroatoms. The van der Waals surface area contributed by atoms with Crippen LogP contribution in [0.3, 0.4) is 0 Å². The molecule has 114 valence electrons. The molecule has 0 radical (unpaired) electrons. The predicted octanol–water partition coefficient (Wildman–Crippen LogP) is 1.94. The summed E-state index contributed by atoms with van der Waals surface area (Å²) in [6, 6.07) is 3.86. The summed E-state index contributed by atoms with van der Waals surface area (Å²) in [5.74, 6) is -0.914. The number of halogens is 1. The average molecular weight is 294 g/mol. The van der Waals surface area contributed by atoms with Gasteiger partial charge in [0, 0.05) is 12.7 Å². The zero-order valence-corrected chi connectivity index (χ0v) is 12.1. The van der Waals surface area contributed by atoms with Gasteiger partial charge in [0.15, 0.2) is 0 Å². The SMILES string of the molecule is CNC(=O)c1cc(NC(=O)C(C)OCC2CC2)ccc1F. The fourth-order valence-corrected chi connectivity index (χ4v) is 1.80. The molecule has 2 N–H and O–H groups in total. The third kappa shape index (κ3) is 4.26. The monoisotopic (exact) mass is 294 g/mol. The topological polar surface area (TPSA) is 67.4 Å². The van der Waals surface area contributed by atoms with Gasteiger partial charge in [-0.15, -0.1) is 0 Å². The molecular weight excluding hydrogens is 275 g/mol. The number of benzene rings is 1. The molecule has 1 aromatic rings. The standard InChI is InChI=1S/C15H19FN2O3/c1-9(21-8-10-3-4-10)14(19)18-11-5-6-13(16)12(7-11)15(20)17-2/h5-7,9-10H,3-4,8H2,1-2H3,(H,17,20)(H,18,19). The molecular formula is C15H19FN2O3. The molecule has 2 rings (SSSR count). The van der Waals surface area contributed by atoms with Crippen LogP contribution in [0.4, 0.5) is 10.1 Å². The van der Waals surface area contributed by atoms with Crippen molar-refractivity contribution in [3.05, 3.63) is 29.6 Å². The van der Waals surface area contributed by atoms with Crippen LogP contribution in [0.2, 0.25) is 0 Å². The van der Waals surface area contributed by atoms with Crippen molar-refractivity contribution < 1.29 is 18.7 Å². The lowest BCUT2D eigenvalue weighted by molar-refractivity contribution is -0.126. The van der Waals surface area contributed by atoms with Gasteiger partial charge in [0.05, 0.1) is 12.2 Å². The summed E-state index contributed by atoms with van der Waals surface area (Å²) < 4.78 is 19.0. The molecule has 1 fully saturated rings. The van der Waals surface area contributed by atoms with Crippen LogP contribution in [0.5, 0.6) is 0 Å². The summed E-state index contributed by atoms with van der Waals surface area (Å²) in [6.07, 6.45) is 1.72. The first-order valence-electron chi connectivity index (χ1n) is 6.95. The van der Waals surface area contributed by atoms with E-state index in [4.69, 9.17) is 4.74 Å². The highest BCUT2D eigenvalue weighted by Crippen LogP contribution is 2.29. The Balaban J connectivity index is 1.97. The van der Waals surface area contributed by atoms with E-state index in [-0.39, 0.29) is 11.5 Å². The van der Waals surface area contributed by atoms with Crippen molar-refractivity contribution in [3.8, 4) is 0 Å². The van der Waals surface area contributed by atoms with Gasteiger partial charge in [-0.3, -0.25) is 9.59 Å². The van der Waals surface area contributed by atoms with Crippen LogP contribution >= 0.6 is 0 Å². The summed E-state index contributed by atoms with van der Waals surface area (Å²) >= 11 is 0. The molecule has 2 amide bonds. The molecule has 1 unspecified atom stereocenters. The van der Waals surface area contributed by atoms with E-state index in [9.17, 15) is 14.0 Å². The number of ether oxygens (including phenoxy) is 1. The zero-order valence-electron chi connectivity index (χ0n) is 12.1. The van der Waals surface area contributed by atoms with Gasteiger partial charge in [-0.1, -0.05) is 0 Å². The van der Waals surface area contributed by atoms with Crippen LogP contribution < -0.4 is 10.6 Å². The van der Waals surface area contributed by atoms with Crippen molar-refractivity contribution in [3.63, 3.8) is 0 Å². The van der Waals surface area contributed by atoms with E-state index in [1.807, 2.05) is 0 Å². The second-order valence-corrected chi connectivity index (χ2v) is 5.18. The van der Waals surface area contributed by atoms with Gasteiger partial charge in [0.1, 0.15) is 11.9 Å². The first-order valence-corrected chi connectivity index (χ1v) is 6.95. The number of anilines is 1. The molecule has 0 aliphatic heterocycles. The van der Waals surface area contributed by atoms with Crippen LogP contribution in [0.25, 0.3) is 0 Å². The van der Waals surface area contributed by atoms with Crippen LogP contribution in [0, 0.1) is 11.7 Å². The average Bonchev–Trinajstić information content (AvgIpc) is 3.30. The number of amides is 2. The van der Waals surface area contributed by atoms with Crippen LogP contribution in [-0.4, -0.2) is 31.6 Å². The Morgan fingerprint density at radius 2 is 2.14 bits per heavy atom. The van der Waals surface area contributed by atoms with Crippen molar-refractivity contribution in [1.82, 2.24) is 5.32 Å². The summed E-state index contributed by atoms with van der Waals surface area (Å²) in [5.41, 5.74) is 0.253. The maximum Gasteiger partial charge on any atom is 0.254 e. The van der Waals surface area contributed by atoms with E-state index < -0.39 is 17.8 Å². The molecule has 0 heterocycles. The normalized spacial score (nSPS) is 15.4. The van der Waals surface area contributed by atoms with Crippen LogP contribution in [0.1, 0.15) is 30.1 Å². The molecule has 0 bridgehead atoms. The molecule has 0 saturated heterocycles. The predicted molar refractivity (Wildman–Crippen MR) is 76.6 cm³/mol. The van der Waals surface area contributed by atoms with Gasteiger partial charge in [0.25, 0.3) is 11.8 Å². The smallest absolute Gasteiger partial charge is 0.254 e. The molecule has 1 aromatic carbocycles. The molecule has 1 aliphatic carbocycles. The number of carbonyl (C=O) groups excluding carboxylic acids is 2. The lowest BCUT2D eigenvalue weighted by Gasteiger charge is -2.13. The Labute approximate surface area is 122 Å². The largest absolute Gasteiger partial charge is 0.368 e. The van der Waals surface area contributed by atoms with E-state index in [2.05, 4.69) is 10.6 Å². The molecule has 21 heavy (non-hydrogen) atoms. The molecule has 0 spiro atoms.